The first-order chi connectivity index (χ1) is 16.5. The lowest BCUT2D eigenvalue weighted by Gasteiger charge is -2.54. The van der Waals surface area contributed by atoms with Gasteiger partial charge in [0.15, 0.2) is 0 Å². The fourth-order valence-corrected chi connectivity index (χ4v) is 5.68. The number of fused-ring (bicyclic) bond motifs is 1. The van der Waals surface area contributed by atoms with Crippen LogP contribution in [-0.2, 0) is 21.4 Å². The first-order valence-corrected chi connectivity index (χ1v) is 12.2. The van der Waals surface area contributed by atoms with Gasteiger partial charge in [0.05, 0.1) is 11.0 Å². The molecule has 10 nitrogen and oxygen atoms in total. The average molecular weight is 484 g/mol. The third-order valence-electron chi connectivity index (χ3n) is 7.33. The van der Waals surface area contributed by atoms with Crippen molar-refractivity contribution in [2.24, 2.45) is 12.5 Å². The van der Waals surface area contributed by atoms with Gasteiger partial charge in [-0.3, -0.25) is 24.0 Å². The number of likely N-dealkylation sites (tertiary alicyclic amines) is 1. The van der Waals surface area contributed by atoms with Gasteiger partial charge in [0.25, 0.3) is 0 Å². The van der Waals surface area contributed by atoms with Gasteiger partial charge in [0.1, 0.15) is 11.6 Å². The molecule has 0 aliphatic carbocycles. The Balaban J connectivity index is 1.36. The number of hydrogen-bond acceptors (Lipinski definition) is 6. The van der Waals surface area contributed by atoms with Gasteiger partial charge in [-0.2, -0.15) is 0 Å². The number of imide groups is 1. The van der Waals surface area contributed by atoms with Crippen LogP contribution in [-0.4, -0.2) is 63.7 Å². The van der Waals surface area contributed by atoms with Crippen molar-refractivity contribution in [2.75, 3.05) is 31.1 Å². The van der Waals surface area contributed by atoms with E-state index < -0.39 is 17.6 Å². The number of imidazole rings is 1. The van der Waals surface area contributed by atoms with E-state index in [1.165, 1.54) is 4.57 Å². The summed E-state index contributed by atoms with van der Waals surface area (Å²) in [5.41, 5.74) is 1.72. The second kappa shape index (κ2) is 8.13. The Labute approximate surface area is 203 Å². The summed E-state index contributed by atoms with van der Waals surface area (Å²) < 4.78 is 8.59. The van der Waals surface area contributed by atoms with Crippen LogP contribution in [0.15, 0.2) is 23.0 Å². The van der Waals surface area contributed by atoms with Crippen LogP contribution >= 0.6 is 0 Å². The lowest BCUT2D eigenvalue weighted by Crippen LogP contribution is -2.64. The summed E-state index contributed by atoms with van der Waals surface area (Å²) in [6, 6.07) is 5.20. The van der Waals surface area contributed by atoms with E-state index >= 15 is 0 Å². The van der Waals surface area contributed by atoms with Gasteiger partial charge in [-0.25, -0.2) is 9.59 Å². The Kier molecular flexibility index (Phi) is 5.45. The first kappa shape index (κ1) is 23.4. The number of rotatable bonds is 2. The van der Waals surface area contributed by atoms with Crippen molar-refractivity contribution in [3.8, 4) is 0 Å². The van der Waals surface area contributed by atoms with Crippen LogP contribution in [0.2, 0.25) is 0 Å². The quantitative estimate of drug-likeness (QED) is 0.657. The van der Waals surface area contributed by atoms with Gasteiger partial charge < -0.3 is 14.5 Å². The molecule has 1 spiro atoms. The highest BCUT2D eigenvalue weighted by Crippen LogP contribution is 2.41. The summed E-state index contributed by atoms with van der Waals surface area (Å²) in [7, 11) is 1.71. The summed E-state index contributed by atoms with van der Waals surface area (Å²) >= 11 is 0. The van der Waals surface area contributed by atoms with Crippen LogP contribution in [0.5, 0.6) is 0 Å². The van der Waals surface area contributed by atoms with E-state index in [0.29, 0.717) is 25.0 Å². The molecular weight excluding hydrogens is 450 g/mol. The molecule has 1 aromatic carbocycles. The number of ether oxygens (including phenoxy) is 1. The molecule has 1 atom stereocenters. The second-order valence-corrected chi connectivity index (χ2v) is 11.2. The molecule has 0 bridgehead atoms. The molecule has 3 aliphatic heterocycles. The predicted octanol–water partition coefficient (Wildman–Crippen LogP) is 2.16. The monoisotopic (exact) mass is 483 g/mol. The molecule has 3 fully saturated rings. The minimum absolute atomic E-state index is 0.0502. The van der Waals surface area contributed by atoms with Gasteiger partial charge in [-0.05, 0) is 58.2 Å². The Morgan fingerprint density at radius 3 is 2.54 bits per heavy atom. The molecule has 188 valence electrons. The van der Waals surface area contributed by atoms with Crippen LogP contribution in [0.3, 0.4) is 0 Å². The summed E-state index contributed by atoms with van der Waals surface area (Å²) in [5.74, 6) is -0.737. The van der Waals surface area contributed by atoms with E-state index in [-0.39, 0.29) is 29.5 Å². The van der Waals surface area contributed by atoms with E-state index in [9.17, 15) is 19.2 Å². The number of anilines is 1. The molecule has 1 unspecified atom stereocenters. The molecule has 1 aromatic heterocycles. The Morgan fingerprint density at radius 1 is 1.11 bits per heavy atom. The number of carbonyl (C=O) groups excluding carboxylic acids is 3. The molecule has 10 heteroatoms. The fourth-order valence-electron chi connectivity index (χ4n) is 5.68. The second-order valence-electron chi connectivity index (χ2n) is 11.2. The van der Waals surface area contributed by atoms with Gasteiger partial charge in [-0.15, -0.1) is 0 Å². The molecule has 2 aromatic rings. The predicted molar refractivity (Wildman–Crippen MR) is 130 cm³/mol. The Morgan fingerprint density at radius 2 is 1.86 bits per heavy atom. The number of benzene rings is 1. The molecular formula is C25H33N5O5. The largest absolute Gasteiger partial charge is 0.444 e. The first-order valence-electron chi connectivity index (χ1n) is 12.2. The third kappa shape index (κ3) is 4.19. The van der Waals surface area contributed by atoms with E-state index in [1.807, 2.05) is 39.0 Å². The smallest absolute Gasteiger partial charge is 0.410 e. The zero-order chi connectivity index (χ0) is 25.1. The number of nitrogens with zero attached hydrogens (tertiary/aromatic N) is 4. The Hall–Kier alpha value is -3.30. The van der Waals surface area contributed by atoms with Gasteiger partial charge in [0.2, 0.25) is 11.8 Å². The van der Waals surface area contributed by atoms with Gasteiger partial charge in [0, 0.05) is 50.7 Å². The molecule has 4 heterocycles. The van der Waals surface area contributed by atoms with E-state index in [4.69, 9.17) is 4.74 Å². The summed E-state index contributed by atoms with van der Waals surface area (Å²) in [4.78, 5) is 53.6. The summed E-state index contributed by atoms with van der Waals surface area (Å²) in [6.07, 6.45) is 2.36. The van der Waals surface area contributed by atoms with Crippen LogP contribution in [0.4, 0.5) is 10.5 Å². The lowest BCUT2D eigenvalue weighted by molar-refractivity contribution is -0.135. The molecule has 0 radical (unpaired) electrons. The molecule has 3 saturated heterocycles. The standard InChI is InChI=1S/C25H33N5O5/c1-24(2,3)35-23(34)29-14-25(15-29)10-5-11-28(13-25)16-6-7-17-19(12-16)27(4)22(33)30(17)18-8-9-20(31)26-21(18)32/h6-7,12,18H,5,8-11,13-15H2,1-4H3,(H,26,31,32). The van der Waals surface area contributed by atoms with Crippen LogP contribution in [0.1, 0.15) is 52.5 Å². The number of carbonyl (C=O) groups is 3. The molecule has 0 saturated carbocycles. The van der Waals surface area contributed by atoms with Crippen LogP contribution in [0.25, 0.3) is 11.0 Å². The minimum atomic E-state index is -0.693. The van der Waals surface area contributed by atoms with E-state index in [0.717, 1.165) is 37.1 Å². The van der Waals surface area contributed by atoms with Gasteiger partial charge >= 0.3 is 11.8 Å². The lowest BCUT2D eigenvalue weighted by atomic mass is 9.73. The van der Waals surface area contributed by atoms with Crippen molar-refractivity contribution in [2.45, 2.75) is 58.1 Å². The number of hydrogen-bond donors (Lipinski definition) is 1. The normalized spacial score (nSPS) is 22.3. The van der Waals surface area contributed by atoms with Crippen molar-refractivity contribution in [1.82, 2.24) is 19.4 Å². The van der Waals surface area contributed by atoms with Crippen molar-refractivity contribution in [3.05, 3.63) is 28.7 Å². The van der Waals surface area contributed by atoms with Crippen molar-refractivity contribution in [1.29, 1.82) is 0 Å². The molecule has 1 N–H and O–H groups in total. The zero-order valence-corrected chi connectivity index (χ0v) is 20.8. The third-order valence-corrected chi connectivity index (χ3v) is 7.33. The molecule has 3 aliphatic rings. The summed E-state index contributed by atoms with van der Waals surface area (Å²) in [5, 5.41) is 2.35. The number of amides is 3. The maximum Gasteiger partial charge on any atom is 0.410 e. The number of nitrogens with one attached hydrogen (secondary N) is 1. The van der Waals surface area contributed by atoms with Gasteiger partial charge in [-0.1, -0.05) is 0 Å². The van der Waals surface area contributed by atoms with E-state index in [1.54, 1.807) is 16.5 Å². The number of aromatic nitrogens is 2. The maximum atomic E-state index is 13.1. The van der Waals surface area contributed by atoms with E-state index in [2.05, 4.69) is 10.2 Å². The molecule has 35 heavy (non-hydrogen) atoms. The highest BCUT2D eigenvalue weighted by atomic mass is 16.6. The SMILES string of the molecule is Cn1c(=O)n(C2CCC(=O)NC2=O)c2ccc(N3CCCC4(CN(C(=O)OC(C)(C)C)C4)C3)cc21. The van der Waals surface area contributed by atoms with Crippen molar-refractivity contribution >= 4 is 34.6 Å². The average Bonchev–Trinajstić information content (AvgIpc) is 3.01. The minimum Gasteiger partial charge on any atom is -0.444 e. The maximum absolute atomic E-state index is 13.1. The topological polar surface area (TPSA) is 106 Å². The molecule has 5 rings (SSSR count). The highest BCUT2D eigenvalue weighted by molar-refractivity contribution is 6.00. The zero-order valence-electron chi connectivity index (χ0n) is 20.8. The van der Waals surface area contributed by atoms with Crippen molar-refractivity contribution in [3.63, 3.8) is 0 Å². The number of aryl methyl sites for hydroxylation is 1. The van der Waals surface area contributed by atoms with Crippen LogP contribution in [0, 0.1) is 5.41 Å². The highest BCUT2D eigenvalue weighted by Gasteiger charge is 2.48. The summed E-state index contributed by atoms with van der Waals surface area (Å²) in [6.45, 7) is 8.73. The Bertz CT molecular complexity index is 1260. The number of piperidine rings is 2. The molecule has 3 amide bonds. The fraction of sp³-hybridized carbons (Fsp3) is 0.600. The van der Waals surface area contributed by atoms with Crippen LogP contribution < -0.4 is 15.9 Å². The van der Waals surface area contributed by atoms with Crippen molar-refractivity contribution < 1.29 is 19.1 Å².